The fourth-order valence-corrected chi connectivity index (χ4v) is 1.69. The van der Waals surface area contributed by atoms with Crippen LogP contribution in [-0.2, 0) is 0 Å². The Bertz CT molecular complexity index is 614. The number of phenolic OH excluding ortho intramolecular Hbond substituents is 1. The Morgan fingerprint density at radius 1 is 1.15 bits per heavy atom. The Morgan fingerprint density at radius 2 is 1.85 bits per heavy atom. The summed E-state index contributed by atoms with van der Waals surface area (Å²) >= 11 is 5.76. The van der Waals surface area contributed by atoms with Crippen molar-refractivity contribution in [2.24, 2.45) is 0 Å². The van der Waals surface area contributed by atoms with Crippen LogP contribution in [0.15, 0.2) is 42.5 Å². The summed E-state index contributed by atoms with van der Waals surface area (Å²) < 4.78 is 5.03. The third-order valence-corrected chi connectivity index (χ3v) is 2.81. The average molecular weight is 293 g/mol. The quantitative estimate of drug-likeness (QED) is 0.755. The molecule has 0 aliphatic carbocycles. The molecule has 0 radical (unpaired) electrons. The number of amides is 2. The van der Waals surface area contributed by atoms with Gasteiger partial charge in [0.05, 0.1) is 12.8 Å². The molecule has 0 aromatic heterocycles. The Balaban J connectivity index is 2.06. The molecule has 6 heteroatoms. The minimum Gasteiger partial charge on any atom is -0.506 e. The number of carbonyl (C=O) groups is 1. The SMILES string of the molecule is COc1ccc(O)c(NC(=O)Nc2ccc(Cl)cc2)c1. The lowest BCUT2D eigenvalue weighted by Crippen LogP contribution is -2.19. The van der Waals surface area contributed by atoms with Gasteiger partial charge in [0.25, 0.3) is 0 Å². The van der Waals surface area contributed by atoms with Gasteiger partial charge in [-0.25, -0.2) is 4.79 Å². The molecule has 0 heterocycles. The summed E-state index contributed by atoms with van der Waals surface area (Å²) in [4.78, 5) is 11.8. The van der Waals surface area contributed by atoms with Gasteiger partial charge < -0.3 is 20.5 Å². The first kappa shape index (κ1) is 14.0. The normalized spacial score (nSPS) is 9.90. The van der Waals surface area contributed by atoms with Gasteiger partial charge in [-0.15, -0.1) is 0 Å². The summed E-state index contributed by atoms with van der Waals surface area (Å²) in [5.41, 5.74) is 0.852. The van der Waals surface area contributed by atoms with E-state index in [-0.39, 0.29) is 11.4 Å². The van der Waals surface area contributed by atoms with E-state index >= 15 is 0 Å². The minimum atomic E-state index is -0.476. The van der Waals surface area contributed by atoms with E-state index in [9.17, 15) is 9.90 Å². The van der Waals surface area contributed by atoms with Gasteiger partial charge in [-0.3, -0.25) is 0 Å². The van der Waals surface area contributed by atoms with Crippen molar-refractivity contribution in [1.29, 1.82) is 0 Å². The van der Waals surface area contributed by atoms with E-state index < -0.39 is 6.03 Å². The zero-order valence-electron chi connectivity index (χ0n) is 10.7. The molecular weight excluding hydrogens is 280 g/mol. The Labute approximate surface area is 121 Å². The minimum absolute atomic E-state index is 0.0444. The number of methoxy groups -OCH3 is 1. The van der Waals surface area contributed by atoms with Crippen LogP contribution in [0, 0.1) is 0 Å². The number of aromatic hydroxyl groups is 1. The first-order valence-electron chi connectivity index (χ1n) is 5.79. The molecule has 0 saturated heterocycles. The Hall–Kier alpha value is -2.40. The molecule has 2 amide bonds. The Morgan fingerprint density at radius 3 is 2.50 bits per heavy atom. The summed E-state index contributed by atoms with van der Waals surface area (Å²) in [5.74, 6) is 0.488. The fourth-order valence-electron chi connectivity index (χ4n) is 1.56. The highest BCUT2D eigenvalue weighted by atomic mass is 35.5. The van der Waals surface area contributed by atoms with Gasteiger partial charge in [-0.05, 0) is 36.4 Å². The second-order valence-electron chi connectivity index (χ2n) is 3.97. The van der Waals surface area contributed by atoms with Gasteiger partial charge in [0, 0.05) is 16.8 Å². The number of nitrogens with one attached hydrogen (secondary N) is 2. The van der Waals surface area contributed by atoms with Gasteiger partial charge in [-0.2, -0.15) is 0 Å². The molecule has 0 bridgehead atoms. The number of benzene rings is 2. The van der Waals surface area contributed by atoms with Crippen molar-refractivity contribution >= 4 is 29.0 Å². The van der Waals surface area contributed by atoms with Crippen molar-refractivity contribution in [2.75, 3.05) is 17.7 Å². The molecule has 2 aromatic rings. The van der Waals surface area contributed by atoms with Gasteiger partial charge >= 0.3 is 6.03 Å². The average Bonchev–Trinajstić information content (AvgIpc) is 2.44. The van der Waals surface area contributed by atoms with Crippen molar-refractivity contribution in [3.63, 3.8) is 0 Å². The second-order valence-corrected chi connectivity index (χ2v) is 4.41. The smallest absolute Gasteiger partial charge is 0.323 e. The molecule has 0 aliphatic rings. The van der Waals surface area contributed by atoms with E-state index in [4.69, 9.17) is 16.3 Å². The van der Waals surface area contributed by atoms with E-state index in [0.717, 1.165) is 0 Å². The van der Waals surface area contributed by atoms with Crippen LogP contribution in [-0.4, -0.2) is 18.2 Å². The maximum Gasteiger partial charge on any atom is 0.323 e. The van der Waals surface area contributed by atoms with E-state index in [1.807, 2.05) is 0 Å². The van der Waals surface area contributed by atoms with E-state index in [1.54, 1.807) is 30.3 Å². The van der Waals surface area contributed by atoms with Crippen molar-refractivity contribution in [3.8, 4) is 11.5 Å². The lowest BCUT2D eigenvalue weighted by molar-refractivity contribution is 0.262. The molecule has 0 spiro atoms. The molecule has 0 saturated carbocycles. The Kier molecular flexibility index (Phi) is 4.32. The van der Waals surface area contributed by atoms with E-state index in [2.05, 4.69) is 10.6 Å². The molecule has 2 aromatic carbocycles. The molecule has 0 aliphatic heterocycles. The van der Waals surface area contributed by atoms with Crippen molar-refractivity contribution < 1.29 is 14.6 Å². The molecule has 3 N–H and O–H groups in total. The molecule has 104 valence electrons. The van der Waals surface area contributed by atoms with Gasteiger partial charge in [0.1, 0.15) is 11.5 Å². The molecule has 2 rings (SSSR count). The number of halogens is 1. The van der Waals surface area contributed by atoms with Crippen LogP contribution < -0.4 is 15.4 Å². The first-order chi connectivity index (χ1) is 9.58. The van der Waals surface area contributed by atoms with Gasteiger partial charge in [-0.1, -0.05) is 11.6 Å². The largest absolute Gasteiger partial charge is 0.506 e. The van der Waals surface area contributed by atoms with Gasteiger partial charge in [0.15, 0.2) is 0 Å². The third kappa shape index (κ3) is 3.55. The molecular formula is C14H13ClN2O3. The van der Waals surface area contributed by atoms with Crippen molar-refractivity contribution in [3.05, 3.63) is 47.5 Å². The lowest BCUT2D eigenvalue weighted by atomic mass is 10.2. The predicted molar refractivity (Wildman–Crippen MR) is 78.8 cm³/mol. The van der Waals surface area contributed by atoms with Crippen LogP contribution in [0.2, 0.25) is 5.02 Å². The van der Waals surface area contributed by atoms with Gasteiger partial charge in [0.2, 0.25) is 0 Å². The molecule has 20 heavy (non-hydrogen) atoms. The van der Waals surface area contributed by atoms with Crippen LogP contribution in [0.4, 0.5) is 16.2 Å². The van der Waals surface area contributed by atoms with E-state index in [1.165, 1.54) is 19.2 Å². The fraction of sp³-hybridized carbons (Fsp3) is 0.0714. The first-order valence-corrected chi connectivity index (χ1v) is 6.17. The maximum atomic E-state index is 11.8. The number of ether oxygens (including phenoxy) is 1. The summed E-state index contributed by atoms with van der Waals surface area (Å²) in [6, 6.07) is 10.8. The number of anilines is 2. The van der Waals surface area contributed by atoms with Crippen molar-refractivity contribution in [1.82, 2.24) is 0 Å². The van der Waals surface area contributed by atoms with Crippen LogP contribution in [0.5, 0.6) is 11.5 Å². The number of phenols is 1. The van der Waals surface area contributed by atoms with Crippen LogP contribution in [0.3, 0.4) is 0 Å². The number of urea groups is 1. The highest BCUT2D eigenvalue weighted by Gasteiger charge is 2.08. The van der Waals surface area contributed by atoms with Crippen LogP contribution >= 0.6 is 11.6 Å². The molecule has 0 fully saturated rings. The van der Waals surface area contributed by atoms with Crippen LogP contribution in [0.25, 0.3) is 0 Å². The zero-order valence-corrected chi connectivity index (χ0v) is 11.4. The van der Waals surface area contributed by atoms with Crippen LogP contribution in [0.1, 0.15) is 0 Å². The number of hydrogen-bond donors (Lipinski definition) is 3. The molecule has 0 unspecified atom stereocenters. The summed E-state index contributed by atoms with van der Waals surface area (Å²) in [7, 11) is 1.50. The highest BCUT2D eigenvalue weighted by molar-refractivity contribution is 6.30. The number of carbonyl (C=O) groups excluding carboxylic acids is 1. The zero-order chi connectivity index (χ0) is 14.5. The lowest BCUT2D eigenvalue weighted by Gasteiger charge is -2.10. The summed E-state index contributed by atoms with van der Waals surface area (Å²) in [6.07, 6.45) is 0. The topological polar surface area (TPSA) is 70.6 Å². The molecule has 5 nitrogen and oxygen atoms in total. The predicted octanol–water partition coefficient (Wildman–Crippen LogP) is 3.70. The monoisotopic (exact) mass is 292 g/mol. The molecule has 0 atom stereocenters. The third-order valence-electron chi connectivity index (χ3n) is 2.55. The number of hydrogen-bond acceptors (Lipinski definition) is 3. The highest BCUT2D eigenvalue weighted by Crippen LogP contribution is 2.27. The number of rotatable bonds is 3. The summed E-state index contributed by atoms with van der Waals surface area (Å²) in [6.45, 7) is 0. The van der Waals surface area contributed by atoms with Crippen molar-refractivity contribution in [2.45, 2.75) is 0 Å². The second kappa shape index (κ2) is 6.16. The van der Waals surface area contributed by atoms with E-state index in [0.29, 0.717) is 16.5 Å². The summed E-state index contributed by atoms with van der Waals surface area (Å²) in [5, 5.41) is 15.4. The maximum absolute atomic E-state index is 11.8. The standard InChI is InChI=1S/C14H13ClN2O3/c1-20-11-6-7-13(18)12(8-11)17-14(19)16-10-4-2-9(15)3-5-10/h2-8,18H,1H3,(H2,16,17,19).